The number of hydrazone groups is 1. The topological polar surface area (TPSA) is 118 Å². The van der Waals surface area contributed by atoms with Crippen LogP contribution in [0.5, 0.6) is 0 Å². The number of likely N-dealkylation sites (tertiary alicyclic amines) is 1. The number of hydrogen-bond acceptors (Lipinski definition) is 7. The number of para-hydroxylation sites is 1. The summed E-state index contributed by atoms with van der Waals surface area (Å²) in [7, 11) is -3.31. The normalized spacial score (nSPS) is 17.1. The standard InChI is InChI=1S/C22H29N7O3S/c1-16(2)33(31,32)25-19-12-14-28(15-13-19)22(30)23-18-10-8-17(9-11-18)21-24-26-27-29(21)20-6-4-3-5-7-20/h3-11,16,19,25-27H,12-15H2,1-2H3,(H,23,30). The second kappa shape index (κ2) is 9.77. The van der Waals surface area contributed by atoms with Crippen LogP contribution >= 0.6 is 0 Å². The van der Waals surface area contributed by atoms with Crippen molar-refractivity contribution in [3.8, 4) is 0 Å². The molecule has 2 aromatic carbocycles. The third-order valence-corrected chi connectivity index (χ3v) is 7.58. The Hall–Kier alpha value is -3.15. The van der Waals surface area contributed by atoms with Gasteiger partial charge in [-0.1, -0.05) is 18.2 Å². The maximum atomic E-state index is 12.7. The summed E-state index contributed by atoms with van der Waals surface area (Å²) in [6.07, 6.45) is 1.18. The number of anilines is 2. The van der Waals surface area contributed by atoms with Gasteiger partial charge in [0.25, 0.3) is 0 Å². The Morgan fingerprint density at radius 1 is 1.06 bits per heavy atom. The van der Waals surface area contributed by atoms with Gasteiger partial charge in [0, 0.05) is 30.4 Å². The van der Waals surface area contributed by atoms with Crippen molar-refractivity contribution in [1.29, 1.82) is 0 Å². The van der Waals surface area contributed by atoms with Crippen LogP contribution in [-0.2, 0) is 10.0 Å². The van der Waals surface area contributed by atoms with Gasteiger partial charge in [0.05, 0.1) is 10.9 Å². The van der Waals surface area contributed by atoms with Gasteiger partial charge in [0.2, 0.25) is 10.0 Å². The van der Waals surface area contributed by atoms with Gasteiger partial charge in [0.1, 0.15) is 0 Å². The number of nitrogens with zero attached hydrogens (tertiary/aromatic N) is 3. The lowest BCUT2D eigenvalue weighted by Crippen LogP contribution is -2.48. The predicted molar refractivity (Wildman–Crippen MR) is 129 cm³/mol. The number of hydrazine groups is 2. The van der Waals surface area contributed by atoms with Gasteiger partial charge in [-0.15, -0.1) is 10.6 Å². The van der Waals surface area contributed by atoms with Crippen LogP contribution in [0, 0.1) is 0 Å². The SMILES string of the molecule is CC(C)S(=O)(=O)NC1CCN(C(=O)Nc2ccc(C3=NNNN3c3ccccc3)cc2)CC1. The number of sulfonamides is 1. The highest BCUT2D eigenvalue weighted by molar-refractivity contribution is 7.90. The van der Waals surface area contributed by atoms with E-state index in [0.29, 0.717) is 37.5 Å². The summed E-state index contributed by atoms with van der Waals surface area (Å²) in [6, 6.07) is 16.9. The van der Waals surface area contributed by atoms with Gasteiger partial charge in [0.15, 0.2) is 5.84 Å². The number of carbonyl (C=O) groups excluding carboxylic acids is 1. The molecule has 0 atom stereocenters. The third-order valence-electron chi connectivity index (χ3n) is 5.68. The molecule has 1 saturated heterocycles. The van der Waals surface area contributed by atoms with Gasteiger partial charge in [-0.3, -0.25) is 0 Å². The Kier molecular flexibility index (Phi) is 6.82. The highest BCUT2D eigenvalue weighted by Gasteiger charge is 2.27. The molecule has 33 heavy (non-hydrogen) atoms. The summed E-state index contributed by atoms with van der Waals surface area (Å²) in [6.45, 7) is 4.30. The number of carbonyl (C=O) groups is 1. The number of amidine groups is 1. The lowest BCUT2D eigenvalue weighted by atomic mass is 10.1. The largest absolute Gasteiger partial charge is 0.324 e. The smallest absolute Gasteiger partial charge is 0.321 e. The minimum atomic E-state index is -3.31. The molecule has 0 saturated carbocycles. The quantitative estimate of drug-likeness (QED) is 0.513. The second-order valence-corrected chi connectivity index (χ2v) is 10.6. The molecule has 0 radical (unpaired) electrons. The first-order valence-corrected chi connectivity index (χ1v) is 12.5. The molecule has 11 heteroatoms. The first kappa shape index (κ1) is 23.0. The summed E-state index contributed by atoms with van der Waals surface area (Å²) in [5.74, 6) is 0.713. The van der Waals surface area contributed by atoms with E-state index in [1.807, 2.05) is 59.6 Å². The van der Waals surface area contributed by atoms with Crippen molar-refractivity contribution in [3.63, 3.8) is 0 Å². The maximum Gasteiger partial charge on any atom is 0.321 e. The van der Waals surface area contributed by atoms with Gasteiger partial charge in [-0.05, 0) is 63.1 Å². The molecule has 4 N–H and O–H groups in total. The van der Waals surface area contributed by atoms with Crippen LogP contribution in [0.1, 0.15) is 32.3 Å². The first-order valence-electron chi connectivity index (χ1n) is 10.9. The molecule has 0 aliphatic carbocycles. The average molecular weight is 472 g/mol. The molecule has 176 valence electrons. The molecule has 2 aliphatic heterocycles. The van der Waals surface area contributed by atoms with Crippen molar-refractivity contribution >= 4 is 33.3 Å². The molecular weight excluding hydrogens is 442 g/mol. The molecule has 0 bridgehead atoms. The molecule has 2 heterocycles. The molecule has 10 nitrogen and oxygen atoms in total. The molecule has 0 spiro atoms. The fourth-order valence-electron chi connectivity index (χ4n) is 3.66. The Labute approximate surface area is 194 Å². The Bertz CT molecular complexity index is 1100. The zero-order valence-corrected chi connectivity index (χ0v) is 19.5. The molecule has 1 fully saturated rings. The number of benzene rings is 2. The zero-order valence-electron chi connectivity index (χ0n) is 18.7. The fraction of sp³-hybridized carbons (Fsp3) is 0.364. The van der Waals surface area contributed by atoms with Crippen LogP contribution < -0.4 is 26.1 Å². The van der Waals surface area contributed by atoms with E-state index in [0.717, 1.165) is 11.3 Å². The first-order chi connectivity index (χ1) is 15.8. The lowest BCUT2D eigenvalue weighted by Gasteiger charge is -2.32. The van der Waals surface area contributed by atoms with E-state index in [1.54, 1.807) is 18.7 Å². The van der Waals surface area contributed by atoms with E-state index in [-0.39, 0.29) is 12.1 Å². The molecule has 4 rings (SSSR count). The maximum absolute atomic E-state index is 12.7. The third kappa shape index (κ3) is 5.44. The van der Waals surface area contributed by atoms with E-state index in [1.165, 1.54) is 0 Å². The van der Waals surface area contributed by atoms with Crippen LogP contribution in [0.25, 0.3) is 0 Å². The highest BCUT2D eigenvalue weighted by Crippen LogP contribution is 2.19. The zero-order chi connectivity index (χ0) is 23.4. The van der Waals surface area contributed by atoms with Crippen molar-refractivity contribution in [1.82, 2.24) is 20.7 Å². The van der Waals surface area contributed by atoms with Crippen molar-refractivity contribution in [2.24, 2.45) is 5.10 Å². The van der Waals surface area contributed by atoms with Crippen LogP contribution in [-0.4, -0.2) is 49.6 Å². The number of nitrogens with one attached hydrogen (secondary N) is 4. The summed E-state index contributed by atoms with van der Waals surface area (Å²) in [5, 5.41) is 8.59. The van der Waals surface area contributed by atoms with Crippen LogP contribution in [0.4, 0.5) is 16.2 Å². The fourth-order valence-corrected chi connectivity index (χ4v) is 4.63. The summed E-state index contributed by atoms with van der Waals surface area (Å²) >= 11 is 0. The van der Waals surface area contributed by atoms with Crippen molar-refractivity contribution in [2.75, 3.05) is 23.4 Å². The van der Waals surface area contributed by atoms with E-state index >= 15 is 0 Å². The van der Waals surface area contributed by atoms with Gasteiger partial charge in [-0.2, -0.15) is 0 Å². The van der Waals surface area contributed by atoms with Gasteiger partial charge >= 0.3 is 6.03 Å². The van der Waals surface area contributed by atoms with E-state index in [2.05, 4.69) is 26.2 Å². The monoisotopic (exact) mass is 471 g/mol. The Morgan fingerprint density at radius 3 is 2.36 bits per heavy atom. The van der Waals surface area contributed by atoms with E-state index in [4.69, 9.17) is 0 Å². The van der Waals surface area contributed by atoms with Crippen molar-refractivity contribution in [3.05, 3.63) is 60.2 Å². The number of rotatable bonds is 6. The minimum Gasteiger partial charge on any atom is -0.324 e. The Balaban J connectivity index is 1.32. The Morgan fingerprint density at radius 2 is 1.73 bits per heavy atom. The number of hydrogen-bond donors (Lipinski definition) is 4. The number of amides is 2. The molecular formula is C22H29N7O3S. The summed E-state index contributed by atoms with van der Waals surface area (Å²) in [5.41, 5.74) is 8.28. The lowest BCUT2D eigenvalue weighted by molar-refractivity contribution is 0.193. The average Bonchev–Trinajstić information content (AvgIpc) is 3.30. The van der Waals surface area contributed by atoms with Crippen LogP contribution in [0.2, 0.25) is 0 Å². The van der Waals surface area contributed by atoms with E-state index < -0.39 is 15.3 Å². The summed E-state index contributed by atoms with van der Waals surface area (Å²) in [4.78, 5) is 14.4. The molecule has 2 aliphatic rings. The molecule has 2 aromatic rings. The molecule has 0 unspecified atom stereocenters. The number of piperidine rings is 1. The summed E-state index contributed by atoms with van der Waals surface area (Å²) < 4.78 is 26.9. The van der Waals surface area contributed by atoms with Crippen LogP contribution in [0.15, 0.2) is 59.7 Å². The molecule has 2 amide bonds. The van der Waals surface area contributed by atoms with Gasteiger partial charge < -0.3 is 10.2 Å². The predicted octanol–water partition coefficient (Wildman–Crippen LogP) is 2.20. The number of urea groups is 1. The van der Waals surface area contributed by atoms with Crippen LogP contribution in [0.3, 0.4) is 0 Å². The minimum absolute atomic E-state index is 0.136. The van der Waals surface area contributed by atoms with E-state index in [9.17, 15) is 13.2 Å². The van der Waals surface area contributed by atoms with Crippen molar-refractivity contribution < 1.29 is 13.2 Å². The second-order valence-electron chi connectivity index (χ2n) is 8.31. The molecule has 0 aromatic heterocycles. The highest BCUT2D eigenvalue weighted by atomic mass is 32.2. The van der Waals surface area contributed by atoms with Crippen molar-refractivity contribution in [2.45, 2.75) is 38.0 Å². The van der Waals surface area contributed by atoms with Gasteiger partial charge in [-0.25, -0.2) is 28.5 Å².